The molecule has 4 heteroatoms. The maximum absolute atomic E-state index is 9.91. The van der Waals surface area contributed by atoms with E-state index in [2.05, 4.69) is 5.10 Å². The SMILES string of the molecule is CCC(O)(CN)c1ccn(C)n1. The van der Waals surface area contributed by atoms with Gasteiger partial charge in [-0.15, -0.1) is 0 Å². The molecule has 1 unspecified atom stereocenters. The van der Waals surface area contributed by atoms with Crippen LogP contribution in [0.5, 0.6) is 0 Å². The van der Waals surface area contributed by atoms with Crippen LogP contribution in [0.4, 0.5) is 0 Å². The highest BCUT2D eigenvalue weighted by molar-refractivity contribution is 5.10. The molecule has 1 rings (SSSR count). The van der Waals surface area contributed by atoms with Crippen LogP contribution in [-0.4, -0.2) is 21.4 Å². The molecule has 0 aromatic carbocycles. The number of nitrogens with zero attached hydrogens (tertiary/aromatic N) is 2. The van der Waals surface area contributed by atoms with Crippen molar-refractivity contribution in [3.8, 4) is 0 Å². The van der Waals surface area contributed by atoms with E-state index in [1.165, 1.54) is 0 Å². The van der Waals surface area contributed by atoms with Crippen LogP contribution in [0.15, 0.2) is 12.3 Å². The highest BCUT2D eigenvalue weighted by Crippen LogP contribution is 2.20. The van der Waals surface area contributed by atoms with Crippen molar-refractivity contribution in [2.75, 3.05) is 6.54 Å². The van der Waals surface area contributed by atoms with Crippen LogP contribution in [0.3, 0.4) is 0 Å². The first-order valence-corrected chi connectivity index (χ1v) is 4.05. The maximum Gasteiger partial charge on any atom is 0.120 e. The summed E-state index contributed by atoms with van der Waals surface area (Å²) in [5.41, 5.74) is 5.15. The average molecular weight is 169 g/mol. The van der Waals surface area contributed by atoms with Crippen molar-refractivity contribution in [3.05, 3.63) is 18.0 Å². The van der Waals surface area contributed by atoms with Crippen molar-refractivity contribution in [3.63, 3.8) is 0 Å². The second-order valence-corrected chi connectivity index (χ2v) is 2.96. The number of rotatable bonds is 3. The van der Waals surface area contributed by atoms with Crippen LogP contribution >= 0.6 is 0 Å². The Labute approximate surface area is 72.0 Å². The van der Waals surface area contributed by atoms with Crippen LogP contribution in [0.2, 0.25) is 0 Å². The molecule has 0 radical (unpaired) electrons. The number of nitrogens with two attached hydrogens (primary N) is 1. The largest absolute Gasteiger partial charge is 0.382 e. The predicted octanol–water partition coefficient (Wildman–Crippen LogP) is -0.0236. The van der Waals surface area contributed by atoms with Crippen molar-refractivity contribution in [1.82, 2.24) is 9.78 Å². The highest BCUT2D eigenvalue weighted by atomic mass is 16.3. The molecule has 3 N–H and O–H groups in total. The van der Waals surface area contributed by atoms with Gasteiger partial charge in [0.15, 0.2) is 0 Å². The molecule has 68 valence electrons. The quantitative estimate of drug-likeness (QED) is 0.668. The summed E-state index contributed by atoms with van der Waals surface area (Å²) in [5, 5.41) is 14.0. The van der Waals surface area contributed by atoms with Gasteiger partial charge in [-0.2, -0.15) is 5.10 Å². The van der Waals surface area contributed by atoms with Gasteiger partial charge in [-0.1, -0.05) is 6.92 Å². The van der Waals surface area contributed by atoms with Crippen molar-refractivity contribution < 1.29 is 5.11 Å². The number of aromatic nitrogens is 2. The van der Waals surface area contributed by atoms with Gasteiger partial charge in [0, 0.05) is 19.8 Å². The van der Waals surface area contributed by atoms with Gasteiger partial charge in [-0.25, -0.2) is 0 Å². The van der Waals surface area contributed by atoms with E-state index >= 15 is 0 Å². The fourth-order valence-corrected chi connectivity index (χ4v) is 1.09. The van der Waals surface area contributed by atoms with Gasteiger partial charge in [0.25, 0.3) is 0 Å². The molecule has 0 aliphatic rings. The minimum atomic E-state index is -0.957. The molecule has 0 spiro atoms. The zero-order chi connectivity index (χ0) is 9.19. The van der Waals surface area contributed by atoms with Crippen LogP contribution in [-0.2, 0) is 12.6 Å². The van der Waals surface area contributed by atoms with E-state index in [0.29, 0.717) is 12.1 Å². The van der Waals surface area contributed by atoms with Crippen molar-refractivity contribution in [1.29, 1.82) is 0 Å². The fourth-order valence-electron chi connectivity index (χ4n) is 1.09. The van der Waals surface area contributed by atoms with E-state index in [4.69, 9.17) is 5.73 Å². The van der Waals surface area contributed by atoms with E-state index in [9.17, 15) is 5.11 Å². The maximum atomic E-state index is 9.91. The Morgan fingerprint density at radius 2 is 2.42 bits per heavy atom. The zero-order valence-electron chi connectivity index (χ0n) is 7.49. The Balaban J connectivity index is 2.94. The Morgan fingerprint density at radius 3 is 2.75 bits per heavy atom. The average Bonchev–Trinajstić information content (AvgIpc) is 2.51. The summed E-state index contributed by atoms with van der Waals surface area (Å²) in [6.07, 6.45) is 2.38. The van der Waals surface area contributed by atoms with Crippen molar-refractivity contribution in [2.24, 2.45) is 12.8 Å². The van der Waals surface area contributed by atoms with Crippen LogP contribution in [0.25, 0.3) is 0 Å². The number of hydrogen-bond acceptors (Lipinski definition) is 3. The molecule has 0 amide bonds. The minimum Gasteiger partial charge on any atom is -0.382 e. The molecular formula is C8H15N3O. The predicted molar refractivity (Wildman–Crippen MR) is 46.5 cm³/mol. The molecule has 0 aliphatic heterocycles. The van der Waals surface area contributed by atoms with Gasteiger partial charge >= 0.3 is 0 Å². The summed E-state index contributed by atoms with van der Waals surface area (Å²) in [6, 6.07) is 1.79. The lowest BCUT2D eigenvalue weighted by Crippen LogP contribution is -2.34. The molecule has 0 fully saturated rings. The molecule has 0 bridgehead atoms. The van der Waals surface area contributed by atoms with Gasteiger partial charge in [0.05, 0.1) is 5.69 Å². The van der Waals surface area contributed by atoms with Crippen molar-refractivity contribution in [2.45, 2.75) is 18.9 Å². The molecule has 1 aromatic heterocycles. The minimum absolute atomic E-state index is 0.209. The second kappa shape index (κ2) is 3.25. The molecule has 0 aliphatic carbocycles. The highest BCUT2D eigenvalue weighted by Gasteiger charge is 2.27. The first kappa shape index (κ1) is 9.22. The van der Waals surface area contributed by atoms with Gasteiger partial charge in [-0.3, -0.25) is 4.68 Å². The Bertz CT molecular complexity index is 253. The Morgan fingerprint density at radius 1 is 1.75 bits per heavy atom. The van der Waals surface area contributed by atoms with Gasteiger partial charge in [0.1, 0.15) is 5.60 Å². The number of aliphatic hydroxyl groups is 1. The standard InChI is InChI=1S/C8H15N3O/c1-3-8(12,6-9)7-4-5-11(2)10-7/h4-5,12H,3,6,9H2,1-2H3. The summed E-state index contributed by atoms with van der Waals surface area (Å²) in [7, 11) is 1.82. The zero-order valence-corrected chi connectivity index (χ0v) is 7.49. The first-order chi connectivity index (χ1) is 5.62. The summed E-state index contributed by atoms with van der Waals surface area (Å²) in [6.45, 7) is 2.10. The lowest BCUT2D eigenvalue weighted by molar-refractivity contribution is 0.0369. The molecular weight excluding hydrogens is 154 g/mol. The first-order valence-electron chi connectivity index (χ1n) is 4.05. The third-order valence-electron chi connectivity index (χ3n) is 2.11. The van der Waals surface area contributed by atoms with E-state index in [1.54, 1.807) is 16.9 Å². The van der Waals surface area contributed by atoms with Crippen LogP contribution in [0, 0.1) is 0 Å². The number of hydrogen-bond donors (Lipinski definition) is 2. The molecule has 1 atom stereocenters. The molecule has 1 heterocycles. The fraction of sp³-hybridized carbons (Fsp3) is 0.625. The molecule has 1 aromatic rings. The second-order valence-electron chi connectivity index (χ2n) is 2.96. The lowest BCUT2D eigenvalue weighted by atomic mass is 9.97. The molecule has 12 heavy (non-hydrogen) atoms. The summed E-state index contributed by atoms with van der Waals surface area (Å²) >= 11 is 0. The summed E-state index contributed by atoms with van der Waals surface area (Å²) in [5.74, 6) is 0. The topological polar surface area (TPSA) is 64.1 Å². The number of aryl methyl sites for hydroxylation is 1. The van der Waals surface area contributed by atoms with E-state index in [0.717, 1.165) is 0 Å². The van der Waals surface area contributed by atoms with Crippen LogP contribution < -0.4 is 5.73 Å². The summed E-state index contributed by atoms with van der Waals surface area (Å²) in [4.78, 5) is 0. The Hall–Kier alpha value is -0.870. The monoisotopic (exact) mass is 169 g/mol. The normalized spacial score (nSPS) is 16.0. The van der Waals surface area contributed by atoms with Gasteiger partial charge in [0.2, 0.25) is 0 Å². The van der Waals surface area contributed by atoms with E-state index in [-0.39, 0.29) is 6.54 Å². The lowest BCUT2D eigenvalue weighted by Gasteiger charge is -2.21. The molecule has 0 saturated heterocycles. The van der Waals surface area contributed by atoms with E-state index in [1.807, 2.05) is 14.0 Å². The van der Waals surface area contributed by atoms with Gasteiger partial charge in [-0.05, 0) is 12.5 Å². The van der Waals surface area contributed by atoms with Crippen molar-refractivity contribution >= 4 is 0 Å². The van der Waals surface area contributed by atoms with Gasteiger partial charge < -0.3 is 10.8 Å². The molecule has 4 nitrogen and oxygen atoms in total. The smallest absolute Gasteiger partial charge is 0.120 e. The summed E-state index contributed by atoms with van der Waals surface area (Å²) < 4.78 is 1.66. The molecule has 0 saturated carbocycles. The van der Waals surface area contributed by atoms with E-state index < -0.39 is 5.60 Å². The Kier molecular flexibility index (Phi) is 2.49. The third-order valence-corrected chi connectivity index (χ3v) is 2.11. The third kappa shape index (κ3) is 1.49. The van der Waals surface area contributed by atoms with Crippen LogP contribution in [0.1, 0.15) is 19.0 Å².